The Morgan fingerprint density at radius 3 is 2.78 bits per heavy atom. The lowest BCUT2D eigenvalue weighted by molar-refractivity contribution is 0.0988. The van der Waals surface area contributed by atoms with E-state index < -0.39 is 10.8 Å². The number of nitrogens with zero attached hydrogens (tertiary/aromatic N) is 1. The maximum atomic E-state index is 11.8. The fourth-order valence-corrected chi connectivity index (χ4v) is 1.98. The van der Waals surface area contributed by atoms with E-state index in [1.165, 1.54) is 0 Å². The van der Waals surface area contributed by atoms with Crippen LogP contribution in [0.5, 0.6) is 0 Å². The number of carbonyl (C=O) groups excluding carboxylic acids is 1. The largest absolute Gasteiger partial charge is 0.351 e. The maximum absolute atomic E-state index is 11.8. The summed E-state index contributed by atoms with van der Waals surface area (Å²) in [5.41, 5.74) is 1.21. The molecule has 1 heterocycles. The number of nitrogens with one attached hydrogen (secondary N) is 1. The van der Waals surface area contributed by atoms with Gasteiger partial charge in [-0.05, 0) is 25.1 Å². The van der Waals surface area contributed by atoms with Gasteiger partial charge in [-0.3, -0.25) is 9.00 Å². The van der Waals surface area contributed by atoms with Gasteiger partial charge in [0, 0.05) is 33.7 Å². The van der Waals surface area contributed by atoms with Gasteiger partial charge in [0.05, 0.1) is 5.69 Å². The van der Waals surface area contributed by atoms with E-state index in [1.54, 1.807) is 43.5 Å². The van der Waals surface area contributed by atoms with E-state index in [0.29, 0.717) is 16.3 Å². The second-order valence-electron chi connectivity index (χ2n) is 3.77. The summed E-state index contributed by atoms with van der Waals surface area (Å²) >= 11 is 0. The molecular weight excluding hydrogens is 252 g/mol. The van der Waals surface area contributed by atoms with Crippen LogP contribution in [-0.4, -0.2) is 21.5 Å². The Morgan fingerprint density at radius 1 is 1.39 bits per heavy atom. The average molecular weight is 264 g/mol. The van der Waals surface area contributed by atoms with Crippen LogP contribution in [0.3, 0.4) is 0 Å². The van der Waals surface area contributed by atoms with Crippen LogP contribution in [0.25, 0.3) is 0 Å². The summed E-state index contributed by atoms with van der Waals surface area (Å²) in [7, 11) is -1.08. The minimum Gasteiger partial charge on any atom is -0.351 e. The van der Waals surface area contributed by atoms with Crippen molar-refractivity contribution in [3.8, 4) is 0 Å². The Bertz CT molecular complexity index is 607. The van der Waals surface area contributed by atoms with Gasteiger partial charge in [0.25, 0.3) is 5.91 Å². The van der Waals surface area contributed by atoms with E-state index >= 15 is 0 Å². The summed E-state index contributed by atoms with van der Waals surface area (Å²) in [5.74, 6) is -0.231. The maximum Gasteiger partial charge on any atom is 0.294 e. The highest BCUT2D eigenvalue weighted by Gasteiger charge is 2.12. The summed E-state index contributed by atoms with van der Waals surface area (Å²) < 4.78 is 16.2. The zero-order chi connectivity index (χ0) is 13.1. The second-order valence-corrected chi connectivity index (χ2v) is 5.15. The molecular formula is C12H12N2O3S. The van der Waals surface area contributed by atoms with Gasteiger partial charge >= 0.3 is 0 Å². The Balaban J connectivity index is 2.16. The van der Waals surface area contributed by atoms with Gasteiger partial charge in [-0.1, -0.05) is 11.2 Å². The van der Waals surface area contributed by atoms with Crippen LogP contribution in [0, 0.1) is 6.92 Å². The summed E-state index contributed by atoms with van der Waals surface area (Å²) in [6, 6.07) is 8.41. The number of benzene rings is 1. The molecule has 0 spiro atoms. The first-order valence-electron chi connectivity index (χ1n) is 5.24. The first-order chi connectivity index (χ1) is 8.56. The molecule has 1 aromatic heterocycles. The molecule has 6 heteroatoms. The molecule has 0 aliphatic heterocycles. The molecule has 1 amide bonds. The van der Waals surface area contributed by atoms with Crippen LogP contribution >= 0.6 is 0 Å². The second kappa shape index (κ2) is 5.14. The number of aromatic nitrogens is 1. The monoisotopic (exact) mass is 264 g/mol. The SMILES string of the molecule is Cc1cc(C(=O)Nc2cccc([S@@](C)=O)c2)on1. The summed E-state index contributed by atoms with van der Waals surface area (Å²) in [4.78, 5) is 12.4. The average Bonchev–Trinajstić information content (AvgIpc) is 2.76. The number of carbonyl (C=O) groups is 1. The molecule has 2 rings (SSSR count). The highest BCUT2D eigenvalue weighted by Crippen LogP contribution is 2.14. The lowest BCUT2D eigenvalue weighted by Gasteiger charge is -2.04. The quantitative estimate of drug-likeness (QED) is 0.920. The van der Waals surface area contributed by atoms with Crippen LogP contribution in [0.1, 0.15) is 16.2 Å². The van der Waals surface area contributed by atoms with Crippen molar-refractivity contribution >= 4 is 22.4 Å². The van der Waals surface area contributed by atoms with Gasteiger partial charge in [0.1, 0.15) is 0 Å². The summed E-state index contributed by atoms with van der Waals surface area (Å²) in [6.45, 7) is 1.74. The van der Waals surface area contributed by atoms with Crippen molar-refractivity contribution in [1.82, 2.24) is 5.16 Å². The van der Waals surface area contributed by atoms with E-state index in [2.05, 4.69) is 10.5 Å². The fourth-order valence-electron chi connectivity index (χ4n) is 1.42. The summed E-state index contributed by atoms with van der Waals surface area (Å²) in [5, 5.41) is 6.30. The molecule has 0 fully saturated rings. The van der Waals surface area contributed by atoms with Crippen molar-refractivity contribution < 1.29 is 13.5 Å². The van der Waals surface area contributed by atoms with E-state index in [-0.39, 0.29) is 11.7 Å². The number of aryl methyl sites for hydroxylation is 1. The molecule has 18 heavy (non-hydrogen) atoms. The predicted molar refractivity (Wildman–Crippen MR) is 68.0 cm³/mol. The highest BCUT2D eigenvalue weighted by atomic mass is 32.2. The van der Waals surface area contributed by atoms with Crippen molar-refractivity contribution in [1.29, 1.82) is 0 Å². The third-order valence-corrected chi connectivity index (χ3v) is 3.19. The van der Waals surface area contributed by atoms with Crippen molar-refractivity contribution in [2.75, 3.05) is 11.6 Å². The number of amides is 1. The van der Waals surface area contributed by atoms with Crippen molar-refractivity contribution in [2.24, 2.45) is 0 Å². The number of rotatable bonds is 3. The Kier molecular flexibility index (Phi) is 3.57. The van der Waals surface area contributed by atoms with E-state index in [4.69, 9.17) is 4.52 Å². The lowest BCUT2D eigenvalue weighted by Crippen LogP contribution is -2.11. The van der Waals surface area contributed by atoms with Gasteiger partial charge in [-0.25, -0.2) is 0 Å². The molecule has 0 aliphatic rings. The molecule has 0 unspecified atom stereocenters. The van der Waals surface area contributed by atoms with Crippen LogP contribution in [0.2, 0.25) is 0 Å². The highest BCUT2D eigenvalue weighted by molar-refractivity contribution is 7.84. The smallest absolute Gasteiger partial charge is 0.294 e. The molecule has 0 aliphatic carbocycles. The molecule has 0 bridgehead atoms. The van der Waals surface area contributed by atoms with Crippen molar-refractivity contribution in [2.45, 2.75) is 11.8 Å². The fraction of sp³-hybridized carbons (Fsp3) is 0.167. The minimum atomic E-state index is -1.08. The number of anilines is 1. The zero-order valence-electron chi connectivity index (χ0n) is 9.97. The lowest BCUT2D eigenvalue weighted by atomic mass is 10.3. The van der Waals surface area contributed by atoms with E-state index in [0.717, 1.165) is 0 Å². The van der Waals surface area contributed by atoms with Gasteiger partial charge in [0.15, 0.2) is 0 Å². The molecule has 0 radical (unpaired) electrons. The molecule has 0 saturated heterocycles. The van der Waals surface area contributed by atoms with Crippen molar-refractivity contribution in [3.63, 3.8) is 0 Å². The van der Waals surface area contributed by atoms with E-state index in [1.807, 2.05) is 0 Å². The van der Waals surface area contributed by atoms with Gasteiger partial charge in [0.2, 0.25) is 5.76 Å². The Labute approximate surface area is 107 Å². The van der Waals surface area contributed by atoms with Crippen LogP contribution < -0.4 is 5.32 Å². The third kappa shape index (κ3) is 2.84. The Hall–Kier alpha value is -1.95. The normalized spacial score (nSPS) is 12.1. The van der Waals surface area contributed by atoms with Crippen LogP contribution in [0.4, 0.5) is 5.69 Å². The third-order valence-electron chi connectivity index (χ3n) is 2.28. The molecule has 1 N–H and O–H groups in total. The van der Waals surface area contributed by atoms with Crippen molar-refractivity contribution in [3.05, 3.63) is 41.8 Å². The Morgan fingerprint density at radius 2 is 2.17 bits per heavy atom. The number of hydrogen-bond donors (Lipinski definition) is 1. The standard InChI is InChI=1S/C12H12N2O3S/c1-8-6-11(17-14-8)12(15)13-9-4-3-5-10(7-9)18(2)16/h3-7H,1-2H3,(H,13,15)/t18-/m1/s1. The van der Waals surface area contributed by atoms with Gasteiger partial charge in [-0.2, -0.15) is 0 Å². The van der Waals surface area contributed by atoms with Gasteiger partial charge < -0.3 is 9.84 Å². The van der Waals surface area contributed by atoms with Gasteiger partial charge in [-0.15, -0.1) is 0 Å². The summed E-state index contributed by atoms with van der Waals surface area (Å²) in [6.07, 6.45) is 1.58. The molecule has 5 nitrogen and oxygen atoms in total. The molecule has 0 saturated carbocycles. The van der Waals surface area contributed by atoms with Crippen LogP contribution in [-0.2, 0) is 10.8 Å². The topological polar surface area (TPSA) is 72.2 Å². The first kappa shape index (κ1) is 12.5. The zero-order valence-corrected chi connectivity index (χ0v) is 10.8. The van der Waals surface area contributed by atoms with E-state index in [9.17, 15) is 9.00 Å². The van der Waals surface area contributed by atoms with Crippen LogP contribution in [0.15, 0.2) is 39.8 Å². The molecule has 2 aromatic rings. The predicted octanol–water partition coefficient (Wildman–Crippen LogP) is 1.97. The molecule has 1 atom stereocenters. The minimum absolute atomic E-state index is 0.149. The molecule has 94 valence electrons. The first-order valence-corrected chi connectivity index (χ1v) is 6.80. The molecule has 1 aromatic carbocycles. The number of hydrogen-bond acceptors (Lipinski definition) is 4.